The summed E-state index contributed by atoms with van der Waals surface area (Å²) in [6.07, 6.45) is 16.0. The molecule has 1 aliphatic rings. The van der Waals surface area contributed by atoms with Gasteiger partial charge in [-0.2, -0.15) is 10.1 Å². The van der Waals surface area contributed by atoms with Crippen molar-refractivity contribution < 1.29 is 14.2 Å². The molecule has 14 rings (SSSR count). The smallest absolute Gasteiger partial charge is 0.295 e. The Morgan fingerprint density at radius 1 is 0.550 bits per heavy atom. The molecular formula is C92H88BrCl2FN8O7. The first kappa shape index (κ1) is 81.9. The topological polar surface area (TPSA) is 178 Å². The Morgan fingerprint density at radius 2 is 1.05 bits per heavy atom. The first-order valence-corrected chi connectivity index (χ1v) is 38.2. The van der Waals surface area contributed by atoms with Gasteiger partial charge in [-0.1, -0.05) is 204 Å². The van der Waals surface area contributed by atoms with Crippen LogP contribution in [-0.2, 0) is 37.3 Å². The van der Waals surface area contributed by atoms with Crippen LogP contribution in [-0.4, -0.2) is 49.7 Å². The van der Waals surface area contributed by atoms with Crippen LogP contribution in [0, 0.1) is 33.5 Å². The van der Waals surface area contributed by atoms with Gasteiger partial charge in [0.05, 0.1) is 53.9 Å². The number of nitrogens with zero attached hydrogens (tertiary/aromatic N) is 8. The van der Waals surface area contributed by atoms with Crippen molar-refractivity contribution in [2.24, 2.45) is 0 Å². The summed E-state index contributed by atoms with van der Waals surface area (Å²) in [5.74, 6) is 0.622. The number of ether oxygens (including phenoxy) is 1. The van der Waals surface area contributed by atoms with Crippen LogP contribution in [0.15, 0.2) is 315 Å². The maximum atomic E-state index is 13.5. The van der Waals surface area contributed by atoms with Gasteiger partial charge in [-0.15, -0.1) is 0 Å². The number of aryl methyl sites for hydroxylation is 5. The number of halogens is 4. The second kappa shape index (κ2) is 40.2. The largest absolute Gasteiger partial charge is 0.513 e. The third-order valence-corrected chi connectivity index (χ3v) is 19.4. The minimum absolute atomic E-state index is 0.00473. The molecule has 0 spiro atoms. The maximum Gasteiger partial charge on any atom is 0.295 e. The predicted molar refractivity (Wildman–Crippen MR) is 450 cm³/mol. The summed E-state index contributed by atoms with van der Waals surface area (Å²) in [5, 5.41) is 14.9. The van der Waals surface area contributed by atoms with Gasteiger partial charge in [0.25, 0.3) is 5.56 Å². The van der Waals surface area contributed by atoms with Crippen LogP contribution >= 0.6 is 39.1 Å². The minimum atomic E-state index is -0.475. The first-order valence-electron chi connectivity index (χ1n) is 36.6. The zero-order valence-electron chi connectivity index (χ0n) is 62.8. The third-order valence-electron chi connectivity index (χ3n) is 18.4. The fourth-order valence-electron chi connectivity index (χ4n) is 12.5. The van der Waals surface area contributed by atoms with E-state index in [4.69, 9.17) is 27.9 Å². The summed E-state index contributed by atoms with van der Waals surface area (Å²) in [6.45, 7) is 20.1. The number of aliphatic hydroxyl groups is 1. The molecular weight excluding hydrogens is 1500 g/mol. The summed E-state index contributed by atoms with van der Waals surface area (Å²) in [4.78, 5) is 67.9. The maximum absolute atomic E-state index is 13.5. The van der Waals surface area contributed by atoms with E-state index in [-0.39, 0.29) is 58.4 Å². The molecule has 1 fully saturated rings. The van der Waals surface area contributed by atoms with Gasteiger partial charge in [0.2, 0.25) is 0 Å². The summed E-state index contributed by atoms with van der Waals surface area (Å²) >= 11 is 15.4. The average molecular weight is 1590 g/mol. The van der Waals surface area contributed by atoms with Gasteiger partial charge in [0.15, 0.2) is 27.5 Å². The van der Waals surface area contributed by atoms with Crippen molar-refractivity contribution >= 4 is 39.1 Å². The number of aromatic nitrogens is 8. The van der Waals surface area contributed by atoms with Crippen LogP contribution in [0.2, 0.25) is 10.0 Å². The SMILES string of the molecule is C=C(Cn1ccc(=O)cc1-c1ccccn1)OCC.C=C(O)CCc1nn(Cc2cccc(F)c2)c(-c2ccc(Cl)cc2)nc1=O.Cc1ccc(Cn2ccc(=O)cc2-c2ccc(C)cc2)cc1.Cc1ccc(Cn2ccc(=O)cc2-c2ccc(Cl)cc2)cc1.Cc1cn(C2CCCCC2)c(-c2ccc(Br)cc2)cc1=O. The van der Waals surface area contributed by atoms with Gasteiger partial charge >= 0.3 is 0 Å². The molecule has 1 N–H and O–H groups in total. The van der Waals surface area contributed by atoms with Crippen molar-refractivity contribution in [2.45, 2.75) is 112 Å². The Kier molecular flexibility index (Phi) is 29.6. The Morgan fingerprint density at radius 3 is 1.58 bits per heavy atom. The lowest BCUT2D eigenvalue weighted by atomic mass is 9.94. The molecule has 0 amide bonds. The summed E-state index contributed by atoms with van der Waals surface area (Å²) < 4.78 is 29.9. The molecule has 111 heavy (non-hydrogen) atoms. The lowest BCUT2D eigenvalue weighted by molar-refractivity contribution is 0.215. The fourth-order valence-corrected chi connectivity index (χ4v) is 13.0. The van der Waals surface area contributed by atoms with Crippen molar-refractivity contribution in [3.63, 3.8) is 0 Å². The van der Waals surface area contributed by atoms with E-state index in [0.29, 0.717) is 51.9 Å². The number of pyridine rings is 5. The van der Waals surface area contributed by atoms with E-state index < -0.39 is 5.56 Å². The lowest BCUT2D eigenvalue weighted by Crippen LogP contribution is -2.24. The Bertz CT molecular complexity index is 5460. The first-order chi connectivity index (χ1) is 53.5. The molecule has 13 aromatic rings. The van der Waals surface area contributed by atoms with E-state index in [9.17, 15) is 33.5 Å². The molecule has 0 unspecified atom stereocenters. The van der Waals surface area contributed by atoms with Crippen molar-refractivity contribution in [2.75, 3.05) is 6.61 Å². The van der Waals surface area contributed by atoms with Crippen LogP contribution < -0.4 is 27.3 Å². The number of allylic oxidation sites excluding steroid dienone is 2. The molecule has 6 heterocycles. The zero-order valence-corrected chi connectivity index (χ0v) is 65.9. The fraction of sp³-hybridized carbons (Fsp3) is 0.196. The number of rotatable bonds is 19. The zero-order chi connectivity index (χ0) is 78.9. The molecule has 0 bridgehead atoms. The number of hydrogen-bond donors (Lipinski definition) is 1. The Labute approximate surface area is 664 Å². The minimum Gasteiger partial charge on any atom is -0.513 e. The summed E-state index contributed by atoms with van der Waals surface area (Å²) in [7, 11) is 0. The molecule has 0 aliphatic heterocycles. The van der Waals surface area contributed by atoms with E-state index in [0.717, 1.165) is 68.3 Å². The van der Waals surface area contributed by atoms with Crippen molar-refractivity contribution in [3.8, 4) is 56.5 Å². The van der Waals surface area contributed by atoms with E-state index in [1.165, 1.54) is 78.1 Å². The highest BCUT2D eigenvalue weighted by Crippen LogP contribution is 2.33. The summed E-state index contributed by atoms with van der Waals surface area (Å²) in [6, 6.07) is 71.5. The van der Waals surface area contributed by atoms with Crippen LogP contribution in [0.3, 0.4) is 0 Å². The molecule has 1 aliphatic carbocycles. The van der Waals surface area contributed by atoms with Crippen molar-refractivity contribution in [1.82, 2.24) is 38.0 Å². The van der Waals surface area contributed by atoms with Gasteiger partial charge in [-0.3, -0.25) is 29.0 Å². The molecule has 1 saturated carbocycles. The van der Waals surface area contributed by atoms with Gasteiger partial charge < -0.3 is 28.1 Å². The summed E-state index contributed by atoms with van der Waals surface area (Å²) in [5.41, 5.74) is 15.7. The lowest BCUT2D eigenvalue weighted by Gasteiger charge is -2.28. The Balaban J connectivity index is 0.000000148. The highest BCUT2D eigenvalue weighted by atomic mass is 79.9. The van der Waals surface area contributed by atoms with E-state index in [1.54, 1.807) is 89.9 Å². The standard InChI is InChI=1S/C20H17ClFN3O2.C20H19NO.C19H16ClNO.C18H20BrNO.C15H16N2O2/c1-13(26)5-10-18-20(27)23-19(15-6-8-16(21)9-7-15)25(24-18)12-14-3-2-4-17(22)11-14;1-15-3-7-17(8-4-15)14-21-12-11-19(22)13-20(21)18-9-5-16(2)6-10-18;1-14-2-4-15(5-3-14)13-21-11-10-18(22)12-19(21)16-6-8-17(20)9-7-16;1-13-12-20(16-5-3-2-4-6-16)17(11-18(13)21)14-7-9-15(19)10-8-14;1-3-19-12(2)11-17-9-7-13(18)10-15(17)14-6-4-5-8-16-14/h2-4,6-9,11,26H,1,5,10,12H2;3-13H,14H2,1-2H3;2-12H,13H2,1H3;7-12,16H,2-6H2,1H3;4-10H,2-3,11H2,1H3. The predicted octanol–water partition coefficient (Wildman–Crippen LogP) is 20.4. The number of aliphatic hydroxyl groups excluding tert-OH is 1. The van der Waals surface area contributed by atoms with Gasteiger partial charge in [0, 0.05) is 131 Å². The van der Waals surface area contributed by atoms with E-state index in [1.807, 2.05) is 85.4 Å². The molecule has 6 aromatic heterocycles. The Hall–Kier alpha value is -11.6. The van der Waals surface area contributed by atoms with E-state index >= 15 is 0 Å². The molecule has 0 radical (unpaired) electrons. The second-order valence-corrected chi connectivity index (χ2v) is 28.9. The van der Waals surface area contributed by atoms with Gasteiger partial charge in [-0.05, 0) is 154 Å². The van der Waals surface area contributed by atoms with Crippen LogP contribution in [0.4, 0.5) is 4.39 Å². The van der Waals surface area contributed by atoms with Crippen molar-refractivity contribution in [1.29, 1.82) is 0 Å². The molecule has 0 saturated heterocycles. The monoisotopic (exact) mass is 1580 g/mol. The average Bonchev–Trinajstić information content (AvgIpc) is 0.826. The molecule has 0 atom stereocenters. The third kappa shape index (κ3) is 24.4. The highest BCUT2D eigenvalue weighted by molar-refractivity contribution is 9.10. The number of benzene rings is 7. The molecule has 566 valence electrons. The van der Waals surface area contributed by atoms with Crippen LogP contribution in [0.1, 0.15) is 96.1 Å². The number of hydrogen-bond acceptors (Lipinski definition) is 10. The molecule has 15 nitrogen and oxygen atoms in total. The van der Waals surface area contributed by atoms with Crippen LogP contribution in [0.5, 0.6) is 0 Å². The van der Waals surface area contributed by atoms with Crippen LogP contribution in [0.25, 0.3) is 56.5 Å². The molecule has 19 heteroatoms. The quantitative estimate of drug-likeness (QED) is 0.0766. The van der Waals surface area contributed by atoms with Gasteiger partial charge in [-0.25, -0.2) is 9.07 Å². The highest BCUT2D eigenvalue weighted by Gasteiger charge is 2.20. The normalized spacial score (nSPS) is 11.6. The molecule has 7 aromatic carbocycles. The van der Waals surface area contributed by atoms with E-state index in [2.05, 4.69) is 170 Å². The second-order valence-electron chi connectivity index (χ2n) is 27.1. The van der Waals surface area contributed by atoms with Crippen molar-refractivity contribution in [3.05, 3.63) is 402 Å². The van der Waals surface area contributed by atoms with Gasteiger partial charge in [0.1, 0.15) is 17.3 Å².